The lowest BCUT2D eigenvalue weighted by molar-refractivity contribution is 0.0566. The summed E-state index contributed by atoms with van der Waals surface area (Å²) in [6.07, 6.45) is 4.99. The summed E-state index contributed by atoms with van der Waals surface area (Å²) in [6, 6.07) is 0. The van der Waals surface area contributed by atoms with E-state index in [0.717, 1.165) is 6.20 Å². The van der Waals surface area contributed by atoms with Crippen LogP contribution in [-0.2, 0) is 0 Å². The van der Waals surface area contributed by atoms with Gasteiger partial charge in [0.05, 0.1) is 11.9 Å². The van der Waals surface area contributed by atoms with Crippen molar-refractivity contribution in [3.8, 4) is 0 Å². The highest BCUT2D eigenvalue weighted by molar-refractivity contribution is 6.12. The van der Waals surface area contributed by atoms with E-state index >= 15 is 0 Å². The molecule has 6 heteroatoms. The maximum Gasteiger partial charge on any atom is 0.333 e. The van der Waals surface area contributed by atoms with Gasteiger partial charge in [0, 0.05) is 23.0 Å². The molecule has 0 fully saturated rings. The lowest BCUT2D eigenvalue weighted by Gasteiger charge is -2.04. The van der Waals surface area contributed by atoms with Gasteiger partial charge in [-0.15, -0.1) is 0 Å². The fourth-order valence-electron chi connectivity index (χ4n) is 1.20. The number of alkyl halides is 2. The van der Waals surface area contributed by atoms with E-state index < -0.39 is 6.55 Å². The zero-order valence-corrected chi connectivity index (χ0v) is 9.03. The lowest BCUT2D eigenvalue weighted by atomic mass is 10.0. The van der Waals surface area contributed by atoms with Gasteiger partial charge in [-0.3, -0.25) is 5.41 Å². The molecule has 1 heterocycles. The molecule has 0 saturated heterocycles. The SMILES string of the molecule is C=C/C(N)=C(\C=C)C(=N)c1cnn(C(F)F)c1. The molecular weight excluding hydrogens is 226 g/mol. The Labute approximate surface area is 97.2 Å². The van der Waals surface area contributed by atoms with E-state index in [0.29, 0.717) is 10.3 Å². The Morgan fingerprint density at radius 1 is 1.47 bits per heavy atom. The quantitative estimate of drug-likeness (QED) is 0.610. The predicted molar refractivity (Wildman–Crippen MR) is 61.9 cm³/mol. The number of hydrogen-bond acceptors (Lipinski definition) is 3. The van der Waals surface area contributed by atoms with Crippen LogP contribution in [0.1, 0.15) is 12.1 Å². The van der Waals surface area contributed by atoms with Gasteiger partial charge in [0.2, 0.25) is 0 Å². The summed E-state index contributed by atoms with van der Waals surface area (Å²) in [7, 11) is 0. The molecule has 0 aromatic carbocycles. The van der Waals surface area contributed by atoms with Crippen LogP contribution in [-0.4, -0.2) is 15.5 Å². The highest BCUT2D eigenvalue weighted by atomic mass is 19.3. The standard InChI is InChI=1S/C11H12F2N4/c1-3-8(9(14)4-2)10(15)7-5-16-17(6-7)11(12)13/h3-6,11,15H,1-2,14H2/b9-8-,15-10?. The van der Waals surface area contributed by atoms with Gasteiger partial charge in [0.15, 0.2) is 0 Å². The average molecular weight is 238 g/mol. The zero-order valence-electron chi connectivity index (χ0n) is 9.03. The summed E-state index contributed by atoms with van der Waals surface area (Å²) in [5, 5.41) is 11.3. The van der Waals surface area contributed by atoms with Gasteiger partial charge < -0.3 is 5.73 Å². The molecule has 0 atom stereocenters. The molecule has 0 saturated carbocycles. The van der Waals surface area contributed by atoms with Crippen molar-refractivity contribution < 1.29 is 8.78 Å². The fourth-order valence-corrected chi connectivity index (χ4v) is 1.20. The minimum Gasteiger partial charge on any atom is -0.398 e. The van der Waals surface area contributed by atoms with Gasteiger partial charge in [0.1, 0.15) is 0 Å². The van der Waals surface area contributed by atoms with Crippen molar-refractivity contribution in [1.82, 2.24) is 9.78 Å². The molecule has 0 unspecified atom stereocenters. The zero-order chi connectivity index (χ0) is 13.0. The summed E-state index contributed by atoms with van der Waals surface area (Å²) in [6.45, 7) is 4.26. The maximum atomic E-state index is 12.3. The Morgan fingerprint density at radius 2 is 2.12 bits per heavy atom. The number of aromatic nitrogens is 2. The molecule has 4 nitrogen and oxygen atoms in total. The highest BCUT2D eigenvalue weighted by Gasteiger charge is 2.13. The first-order valence-corrected chi connectivity index (χ1v) is 4.67. The first kappa shape index (κ1) is 12.8. The molecule has 0 radical (unpaired) electrons. The molecule has 0 aliphatic carbocycles. The van der Waals surface area contributed by atoms with Gasteiger partial charge in [-0.1, -0.05) is 19.2 Å². The second kappa shape index (κ2) is 5.20. The molecule has 0 bridgehead atoms. The predicted octanol–water partition coefficient (Wildman–Crippen LogP) is 2.23. The summed E-state index contributed by atoms with van der Waals surface area (Å²) in [5.41, 5.74) is 6.41. The first-order valence-electron chi connectivity index (χ1n) is 4.67. The van der Waals surface area contributed by atoms with E-state index in [9.17, 15) is 8.78 Å². The van der Waals surface area contributed by atoms with Crippen molar-refractivity contribution in [3.63, 3.8) is 0 Å². The topological polar surface area (TPSA) is 67.7 Å². The first-order chi connectivity index (χ1) is 8.01. The van der Waals surface area contributed by atoms with Crippen molar-refractivity contribution in [2.24, 2.45) is 5.73 Å². The number of rotatable bonds is 5. The van der Waals surface area contributed by atoms with E-state index in [1.165, 1.54) is 18.3 Å². The summed E-state index contributed by atoms with van der Waals surface area (Å²) >= 11 is 0. The maximum absolute atomic E-state index is 12.3. The van der Waals surface area contributed by atoms with Crippen LogP contribution in [0.4, 0.5) is 8.78 Å². The Hall–Kier alpha value is -2.24. The van der Waals surface area contributed by atoms with Crippen LogP contribution >= 0.6 is 0 Å². The van der Waals surface area contributed by atoms with E-state index in [-0.39, 0.29) is 17.0 Å². The van der Waals surface area contributed by atoms with Crippen molar-refractivity contribution in [2.75, 3.05) is 0 Å². The van der Waals surface area contributed by atoms with Gasteiger partial charge in [-0.2, -0.15) is 13.9 Å². The fraction of sp³-hybridized carbons (Fsp3) is 0.0909. The minimum atomic E-state index is -2.73. The van der Waals surface area contributed by atoms with Gasteiger partial charge in [0.25, 0.3) is 0 Å². The number of halogens is 2. The van der Waals surface area contributed by atoms with Crippen molar-refractivity contribution in [2.45, 2.75) is 6.55 Å². The Balaban J connectivity index is 3.11. The van der Waals surface area contributed by atoms with Crippen LogP contribution in [0.3, 0.4) is 0 Å². The average Bonchev–Trinajstić information content (AvgIpc) is 2.78. The van der Waals surface area contributed by atoms with E-state index in [2.05, 4.69) is 18.3 Å². The molecular formula is C11H12F2N4. The number of nitrogens with zero attached hydrogens (tertiary/aromatic N) is 2. The molecule has 0 amide bonds. The largest absolute Gasteiger partial charge is 0.398 e. The molecule has 90 valence electrons. The summed E-state index contributed by atoms with van der Waals surface area (Å²) < 4.78 is 25.1. The smallest absolute Gasteiger partial charge is 0.333 e. The lowest BCUT2D eigenvalue weighted by Crippen LogP contribution is -2.08. The van der Waals surface area contributed by atoms with Crippen LogP contribution in [0.2, 0.25) is 0 Å². The van der Waals surface area contributed by atoms with Crippen LogP contribution in [0.15, 0.2) is 49.0 Å². The molecule has 1 aromatic rings. The Morgan fingerprint density at radius 3 is 2.53 bits per heavy atom. The number of hydrogen-bond donors (Lipinski definition) is 2. The normalized spacial score (nSPS) is 12.2. The van der Waals surface area contributed by atoms with Crippen LogP contribution in [0.5, 0.6) is 0 Å². The minimum absolute atomic E-state index is 0.0238. The number of nitrogens with two attached hydrogens (primary N) is 1. The summed E-state index contributed by atoms with van der Waals surface area (Å²) in [5.74, 6) is 0. The Bertz CT molecular complexity index is 485. The van der Waals surface area contributed by atoms with E-state index in [4.69, 9.17) is 11.1 Å². The molecule has 17 heavy (non-hydrogen) atoms. The molecule has 1 rings (SSSR count). The molecule has 3 N–H and O–H groups in total. The van der Waals surface area contributed by atoms with Crippen LogP contribution in [0, 0.1) is 5.41 Å². The molecule has 0 aliphatic rings. The number of allylic oxidation sites excluding steroid dienone is 3. The van der Waals surface area contributed by atoms with Gasteiger partial charge in [-0.05, 0) is 6.08 Å². The molecule has 1 aromatic heterocycles. The van der Waals surface area contributed by atoms with Crippen LogP contribution in [0.25, 0.3) is 0 Å². The molecule has 0 aliphatic heterocycles. The molecule has 0 spiro atoms. The third kappa shape index (κ3) is 2.66. The van der Waals surface area contributed by atoms with Crippen molar-refractivity contribution in [3.05, 3.63) is 54.5 Å². The van der Waals surface area contributed by atoms with E-state index in [1.54, 1.807) is 0 Å². The van der Waals surface area contributed by atoms with Crippen molar-refractivity contribution in [1.29, 1.82) is 5.41 Å². The third-order valence-corrected chi connectivity index (χ3v) is 2.09. The highest BCUT2D eigenvalue weighted by Crippen LogP contribution is 2.14. The van der Waals surface area contributed by atoms with Crippen molar-refractivity contribution >= 4 is 5.71 Å². The Kier molecular flexibility index (Phi) is 3.92. The monoisotopic (exact) mass is 238 g/mol. The van der Waals surface area contributed by atoms with Gasteiger partial charge >= 0.3 is 6.55 Å². The third-order valence-electron chi connectivity index (χ3n) is 2.09. The second-order valence-corrected chi connectivity index (χ2v) is 3.14. The van der Waals surface area contributed by atoms with E-state index in [1.807, 2.05) is 0 Å². The second-order valence-electron chi connectivity index (χ2n) is 3.14. The number of nitrogens with one attached hydrogen (secondary N) is 1. The van der Waals surface area contributed by atoms with Crippen LogP contribution < -0.4 is 5.73 Å². The summed E-state index contributed by atoms with van der Waals surface area (Å²) in [4.78, 5) is 0. The van der Waals surface area contributed by atoms with Gasteiger partial charge in [-0.25, -0.2) is 4.68 Å².